The Labute approximate surface area is 189 Å². The standard InChI is InChI=1S/C22H30N4O5S/c1-24-11-13-26(14-12-24)18-7-5-17(6-8-18)23-22(27)16-25(2)32(28,29)19-9-10-20(30-3)21(15-19)31-4/h5-10,15H,11-14,16H2,1-4H3,(H,23,27). The molecule has 174 valence electrons. The summed E-state index contributed by atoms with van der Waals surface area (Å²) in [4.78, 5) is 17.1. The minimum absolute atomic E-state index is 0.0157. The number of nitrogens with zero attached hydrogens (tertiary/aromatic N) is 3. The molecule has 0 aliphatic carbocycles. The van der Waals surface area contributed by atoms with Gasteiger partial charge < -0.3 is 24.6 Å². The van der Waals surface area contributed by atoms with Gasteiger partial charge in [-0.25, -0.2) is 8.42 Å². The Morgan fingerprint density at radius 1 is 1.00 bits per heavy atom. The Kier molecular flexibility index (Phi) is 7.60. The van der Waals surface area contributed by atoms with Gasteiger partial charge >= 0.3 is 0 Å². The highest BCUT2D eigenvalue weighted by Gasteiger charge is 2.24. The smallest absolute Gasteiger partial charge is 0.243 e. The maximum absolute atomic E-state index is 12.9. The summed E-state index contributed by atoms with van der Waals surface area (Å²) >= 11 is 0. The molecule has 1 saturated heterocycles. The van der Waals surface area contributed by atoms with Crippen LogP contribution in [0.2, 0.25) is 0 Å². The van der Waals surface area contributed by atoms with E-state index in [2.05, 4.69) is 22.2 Å². The summed E-state index contributed by atoms with van der Waals surface area (Å²) in [5.74, 6) is 0.294. The van der Waals surface area contributed by atoms with E-state index in [4.69, 9.17) is 9.47 Å². The van der Waals surface area contributed by atoms with Crippen LogP contribution in [0.4, 0.5) is 11.4 Å². The largest absolute Gasteiger partial charge is 0.493 e. The van der Waals surface area contributed by atoms with Crippen molar-refractivity contribution < 1.29 is 22.7 Å². The van der Waals surface area contributed by atoms with Crippen LogP contribution in [-0.4, -0.2) is 84.6 Å². The topological polar surface area (TPSA) is 91.4 Å². The fourth-order valence-electron chi connectivity index (χ4n) is 3.46. The lowest BCUT2D eigenvalue weighted by Gasteiger charge is -2.34. The van der Waals surface area contributed by atoms with E-state index in [1.807, 2.05) is 24.3 Å². The van der Waals surface area contributed by atoms with Gasteiger partial charge in [0.1, 0.15) is 0 Å². The Morgan fingerprint density at radius 2 is 1.62 bits per heavy atom. The van der Waals surface area contributed by atoms with Crippen LogP contribution in [-0.2, 0) is 14.8 Å². The quantitative estimate of drug-likeness (QED) is 0.639. The fraction of sp³-hybridized carbons (Fsp3) is 0.409. The number of carbonyl (C=O) groups is 1. The second kappa shape index (κ2) is 10.2. The molecule has 1 N–H and O–H groups in total. The maximum atomic E-state index is 12.9. The van der Waals surface area contributed by atoms with Crippen molar-refractivity contribution in [1.29, 1.82) is 0 Å². The number of anilines is 2. The molecule has 9 nitrogen and oxygen atoms in total. The minimum atomic E-state index is -3.88. The molecule has 1 amide bonds. The number of hydrogen-bond acceptors (Lipinski definition) is 7. The van der Waals surface area contributed by atoms with Crippen molar-refractivity contribution in [1.82, 2.24) is 9.21 Å². The summed E-state index contributed by atoms with van der Waals surface area (Å²) in [5.41, 5.74) is 1.72. The van der Waals surface area contributed by atoms with Crippen molar-refractivity contribution in [3.05, 3.63) is 42.5 Å². The first kappa shape index (κ1) is 23.8. The molecule has 1 aliphatic rings. The van der Waals surface area contributed by atoms with Gasteiger partial charge in [-0.2, -0.15) is 4.31 Å². The Morgan fingerprint density at radius 3 is 2.22 bits per heavy atom. The lowest BCUT2D eigenvalue weighted by molar-refractivity contribution is -0.116. The van der Waals surface area contributed by atoms with Crippen LogP contribution >= 0.6 is 0 Å². The predicted octanol–water partition coefficient (Wildman–Crippen LogP) is 1.71. The van der Waals surface area contributed by atoms with Gasteiger partial charge in [-0.15, -0.1) is 0 Å². The Bertz CT molecular complexity index is 1030. The molecule has 0 radical (unpaired) electrons. The molecule has 32 heavy (non-hydrogen) atoms. The van der Waals surface area contributed by atoms with Gasteiger partial charge in [-0.3, -0.25) is 4.79 Å². The lowest BCUT2D eigenvalue weighted by atomic mass is 10.2. The van der Waals surface area contributed by atoms with E-state index in [-0.39, 0.29) is 11.4 Å². The molecule has 0 unspecified atom stereocenters. The number of likely N-dealkylation sites (N-methyl/N-ethyl adjacent to an activating group) is 2. The number of piperazine rings is 1. The van der Waals surface area contributed by atoms with Crippen molar-refractivity contribution in [2.24, 2.45) is 0 Å². The van der Waals surface area contributed by atoms with Crippen molar-refractivity contribution >= 4 is 27.3 Å². The zero-order chi connectivity index (χ0) is 23.3. The third-order valence-electron chi connectivity index (χ3n) is 5.45. The highest BCUT2D eigenvalue weighted by atomic mass is 32.2. The van der Waals surface area contributed by atoms with Crippen molar-refractivity contribution in [3.63, 3.8) is 0 Å². The molecule has 0 aromatic heterocycles. The molecular formula is C22H30N4O5S. The average molecular weight is 463 g/mol. The number of benzene rings is 2. The molecular weight excluding hydrogens is 432 g/mol. The molecule has 0 atom stereocenters. The highest BCUT2D eigenvalue weighted by Crippen LogP contribution is 2.30. The van der Waals surface area contributed by atoms with E-state index in [0.717, 1.165) is 36.2 Å². The van der Waals surface area contributed by atoms with Crippen molar-refractivity contribution in [2.75, 3.05) is 71.3 Å². The summed E-state index contributed by atoms with van der Waals surface area (Å²) in [6.45, 7) is 3.62. The Hall–Kier alpha value is -2.82. The normalized spacial score (nSPS) is 15.0. The van der Waals surface area contributed by atoms with Crippen molar-refractivity contribution in [3.8, 4) is 11.5 Å². The number of rotatable bonds is 8. The first-order valence-corrected chi connectivity index (χ1v) is 11.7. The van der Waals surface area contributed by atoms with Crippen LogP contribution in [0.5, 0.6) is 11.5 Å². The van der Waals surface area contributed by atoms with Crippen LogP contribution in [0.3, 0.4) is 0 Å². The molecule has 1 fully saturated rings. The summed E-state index contributed by atoms with van der Waals surface area (Å²) in [6, 6.07) is 11.9. The zero-order valence-corrected chi connectivity index (χ0v) is 19.7. The first-order chi connectivity index (χ1) is 15.2. The molecule has 2 aromatic rings. The first-order valence-electron chi connectivity index (χ1n) is 10.3. The molecule has 2 aromatic carbocycles. The van der Waals surface area contributed by atoms with Crippen LogP contribution in [0.15, 0.2) is 47.4 Å². The van der Waals surface area contributed by atoms with E-state index in [9.17, 15) is 13.2 Å². The van der Waals surface area contributed by atoms with Crippen LogP contribution in [0.25, 0.3) is 0 Å². The monoisotopic (exact) mass is 462 g/mol. The highest BCUT2D eigenvalue weighted by molar-refractivity contribution is 7.89. The second-order valence-corrected chi connectivity index (χ2v) is 9.71. The molecule has 1 aliphatic heterocycles. The number of methoxy groups -OCH3 is 2. The van der Waals surface area contributed by atoms with Gasteiger partial charge in [0.05, 0.1) is 25.7 Å². The van der Waals surface area contributed by atoms with E-state index in [1.54, 1.807) is 0 Å². The zero-order valence-electron chi connectivity index (χ0n) is 18.9. The molecule has 3 rings (SSSR count). The van der Waals surface area contributed by atoms with Crippen LogP contribution in [0.1, 0.15) is 0 Å². The number of carbonyl (C=O) groups excluding carboxylic acids is 1. The van der Waals surface area contributed by atoms with Gasteiger partial charge in [0.15, 0.2) is 11.5 Å². The van der Waals surface area contributed by atoms with Gasteiger partial charge in [-0.1, -0.05) is 0 Å². The number of hydrogen-bond donors (Lipinski definition) is 1. The van der Waals surface area contributed by atoms with Gasteiger partial charge in [-0.05, 0) is 43.4 Å². The van der Waals surface area contributed by atoms with E-state index in [1.165, 1.54) is 39.5 Å². The number of nitrogens with one attached hydrogen (secondary N) is 1. The Balaban J connectivity index is 1.61. The molecule has 0 spiro atoms. The maximum Gasteiger partial charge on any atom is 0.243 e. The molecule has 10 heteroatoms. The van der Waals surface area contributed by atoms with Crippen molar-refractivity contribution in [2.45, 2.75) is 4.90 Å². The number of sulfonamides is 1. The number of amides is 1. The average Bonchev–Trinajstić information content (AvgIpc) is 2.79. The molecule has 1 heterocycles. The van der Waals surface area contributed by atoms with E-state index < -0.39 is 15.9 Å². The van der Waals surface area contributed by atoms with Gasteiger partial charge in [0.25, 0.3) is 0 Å². The lowest BCUT2D eigenvalue weighted by Crippen LogP contribution is -2.44. The van der Waals surface area contributed by atoms with Crippen LogP contribution < -0.4 is 19.7 Å². The summed E-state index contributed by atoms with van der Waals surface area (Å²) in [6.07, 6.45) is 0. The molecule has 0 bridgehead atoms. The third kappa shape index (κ3) is 5.50. The number of ether oxygens (including phenoxy) is 2. The summed E-state index contributed by atoms with van der Waals surface area (Å²) in [5, 5.41) is 2.76. The van der Waals surface area contributed by atoms with Gasteiger partial charge in [0.2, 0.25) is 15.9 Å². The van der Waals surface area contributed by atoms with Gasteiger partial charge in [0, 0.05) is 50.7 Å². The third-order valence-corrected chi connectivity index (χ3v) is 7.25. The SMILES string of the molecule is COc1ccc(S(=O)(=O)N(C)CC(=O)Nc2ccc(N3CCN(C)CC3)cc2)cc1OC. The molecule has 0 saturated carbocycles. The van der Waals surface area contributed by atoms with Crippen LogP contribution in [0, 0.1) is 0 Å². The fourth-order valence-corrected chi connectivity index (χ4v) is 4.61. The predicted molar refractivity (Wildman–Crippen MR) is 124 cm³/mol. The van der Waals surface area contributed by atoms with E-state index >= 15 is 0 Å². The van der Waals surface area contributed by atoms with E-state index in [0.29, 0.717) is 17.2 Å². The summed E-state index contributed by atoms with van der Waals surface area (Å²) in [7, 11) is 2.49. The second-order valence-electron chi connectivity index (χ2n) is 7.66. The summed E-state index contributed by atoms with van der Waals surface area (Å²) < 4.78 is 37.1. The minimum Gasteiger partial charge on any atom is -0.493 e.